The lowest BCUT2D eigenvalue weighted by molar-refractivity contribution is 0.258. The SMILES string of the molecule is C=C(C)C(C)Oc1cc(C)c(C)cc1Cl. The Labute approximate surface area is 96.7 Å². The van der Waals surface area contributed by atoms with Crippen LogP contribution in [0, 0.1) is 13.8 Å². The van der Waals surface area contributed by atoms with Gasteiger partial charge in [-0.25, -0.2) is 0 Å². The molecular weight excluding hydrogens is 208 g/mol. The molecule has 1 rings (SSSR count). The fourth-order valence-electron chi connectivity index (χ4n) is 1.14. The van der Waals surface area contributed by atoms with E-state index < -0.39 is 0 Å². The van der Waals surface area contributed by atoms with Gasteiger partial charge in [0.05, 0.1) is 5.02 Å². The van der Waals surface area contributed by atoms with Crippen LogP contribution in [0.3, 0.4) is 0 Å². The molecule has 0 saturated carbocycles. The molecule has 0 aliphatic rings. The molecule has 0 heterocycles. The minimum atomic E-state index is -0.00962. The predicted octanol–water partition coefficient (Wildman–Crippen LogP) is 4.30. The second kappa shape index (κ2) is 4.71. The highest BCUT2D eigenvalue weighted by molar-refractivity contribution is 6.32. The largest absolute Gasteiger partial charge is 0.485 e. The number of rotatable bonds is 3. The van der Waals surface area contributed by atoms with Gasteiger partial charge in [-0.3, -0.25) is 0 Å². The lowest BCUT2D eigenvalue weighted by Crippen LogP contribution is -2.12. The van der Waals surface area contributed by atoms with Gasteiger partial charge >= 0.3 is 0 Å². The van der Waals surface area contributed by atoms with Crippen LogP contribution < -0.4 is 4.74 Å². The number of benzene rings is 1. The van der Waals surface area contributed by atoms with Crippen molar-refractivity contribution in [3.63, 3.8) is 0 Å². The van der Waals surface area contributed by atoms with Crippen LogP contribution in [0.5, 0.6) is 5.75 Å². The van der Waals surface area contributed by atoms with Crippen molar-refractivity contribution in [1.82, 2.24) is 0 Å². The van der Waals surface area contributed by atoms with Crippen molar-refractivity contribution >= 4 is 11.6 Å². The maximum absolute atomic E-state index is 6.10. The first kappa shape index (κ1) is 12.1. The normalized spacial score (nSPS) is 12.3. The van der Waals surface area contributed by atoms with E-state index in [2.05, 4.69) is 6.58 Å². The number of aryl methyl sites for hydroxylation is 2. The lowest BCUT2D eigenvalue weighted by atomic mass is 10.1. The Morgan fingerprint density at radius 1 is 1.33 bits per heavy atom. The molecule has 0 N–H and O–H groups in total. The zero-order valence-electron chi connectivity index (χ0n) is 9.73. The third-order valence-corrected chi connectivity index (χ3v) is 2.84. The van der Waals surface area contributed by atoms with Crippen molar-refractivity contribution in [2.24, 2.45) is 0 Å². The first-order valence-corrected chi connectivity index (χ1v) is 5.38. The molecule has 82 valence electrons. The minimum absolute atomic E-state index is 0.00962. The molecule has 0 amide bonds. The average molecular weight is 225 g/mol. The summed E-state index contributed by atoms with van der Waals surface area (Å²) < 4.78 is 5.71. The van der Waals surface area contributed by atoms with Gasteiger partial charge in [-0.1, -0.05) is 18.2 Å². The topological polar surface area (TPSA) is 9.23 Å². The summed E-state index contributed by atoms with van der Waals surface area (Å²) in [6, 6.07) is 3.90. The van der Waals surface area contributed by atoms with Gasteiger partial charge in [0.1, 0.15) is 11.9 Å². The molecule has 0 aliphatic heterocycles. The van der Waals surface area contributed by atoms with Gasteiger partial charge in [-0.2, -0.15) is 0 Å². The lowest BCUT2D eigenvalue weighted by Gasteiger charge is -2.16. The highest BCUT2D eigenvalue weighted by Crippen LogP contribution is 2.29. The Morgan fingerprint density at radius 2 is 1.87 bits per heavy atom. The number of ether oxygens (including phenoxy) is 1. The molecule has 1 aromatic rings. The van der Waals surface area contributed by atoms with Crippen LogP contribution in [0.1, 0.15) is 25.0 Å². The molecule has 1 nitrogen and oxygen atoms in total. The summed E-state index contributed by atoms with van der Waals surface area (Å²) in [4.78, 5) is 0. The highest BCUT2D eigenvalue weighted by atomic mass is 35.5. The van der Waals surface area contributed by atoms with Crippen molar-refractivity contribution in [3.05, 3.63) is 40.4 Å². The van der Waals surface area contributed by atoms with Gasteiger partial charge in [-0.05, 0) is 56.5 Å². The molecule has 0 radical (unpaired) electrons. The van der Waals surface area contributed by atoms with E-state index in [0.29, 0.717) is 5.02 Å². The Bertz CT molecular complexity index is 382. The van der Waals surface area contributed by atoms with Crippen LogP contribution in [0.25, 0.3) is 0 Å². The third-order valence-electron chi connectivity index (χ3n) is 2.55. The maximum atomic E-state index is 6.10. The van der Waals surface area contributed by atoms with Gasteiger partial charge in [0.15, 0.2) is 0 Å². The third kappa shape index (κ3) is 3.00. The van der Waals surface area contributed by atoms with Crippen LogP contribution in [0.2, 0.25) is 5.02 Å². The van der Waals surface area contributed by atoms with Gasteiger partial charge in [0.25, 0.3) is 0 Å². The maximum Gasteiger partial charge on any atom is 0.139 e. The molecule has 0 aromatic heterocycles. The van der Waals surface area contributed by atoms with Crippen molar-refractivity contribution in [3.8, 4) is 5.75 Å². The Hall–Kier alpha value is -0.950. The quantitative estimate of drug-likeness (QED) is 0.696. The fraction of sp³-hybridized carbons (Fsp3) is 0.385. The Balaban J connectivity index is 2.95. The smallest absolute Gasteiger partial charge is 0.139 e. The van der Waals surface area contributed by atoms with E-state index >= 15 is 0 Å². The molecule has 15 heavy (non-hydrogen) atoms. The van der Waals surface area contributed by atoms with Crippen LogP contribution in [-0.4, -0.2) is 6.10 Å². The molecular formula is C13H17ClO. The van der Waals surface area contributed by atoms with Crippen molar-refractivity contribution in [2.45, 2.75) is 33.8 Å². The summed E-state index contributed by atoms with van der Waals surface area (Å²) in [5, 5.41) is 0.659. The zero-order chi connectivity index (χ0) is 11.6. The summed E-state index contributed by atoms with van der Waals surface area (Å²) >= 11 is 6.10. The second-order valence-electron chi connectivity index (χ2n) is 3.97. The number of halogens is 1. The van der Waals surface area contributed by atoms with E-state index in [1.54, 1.807) is 0 Å². The second-order valence-corrected chi connectivity index (χ2v) is 4.38. The minimum Gasteiger partial charge on any atom is -0.485 e. The summed E-state index contributed by atoms with van der Waals surface area (Å²) in [6.07, 6.45) is -0.00962. The highest BCUT2D eigenvalue weighted by Gasteiger charge is 2.09. The van der Waals surface area contributed by atoms with Crippen molar-refractivity contribution in [1.29, 1.82) is 0 Å². The summed E-state index contributed by atoms with van der Waals surface area (Å²) in [6.45, 7) is 11.8. The van der Waals surface area contributed by atoms with Gasteiger partial charge in [0, 0.05) is 0 Å². The summed E-state index contributed by atoms with van der Waals surface area (Å²) in [5.41, 5.74) is 3.35. The molecule has 0 bridgehead atoms. The van der Waals surface area contributed by atoms with Gasteiger partial charge < -0.3 is 4.74 Å². The van der Waals surface area contributed by atoms with Crippen LogP contribution in [-0.2, 0) is 0 Å². The average Bonchev–Trinajstić information content (AvgIpc) is 2.13. The Kier molecular flexibility index (Phi) is 3.81. The molecule has 0 spiro atoms. The first-order chi connectivity index (χ1) is 6.91. The summed E-state index contributed by atoms with van der Waals surface area (Å²) in [7, 11) is 0. The zero-order valence-corrected chi connectivity index (χ0v) is 10.5. The van der Waals surface area contributed by atoms with Crippen LogP contribution in [0.4, 0.5) is 0 Å². The molecule has 1 atom stereocenters. The molecule has 2 heteroatoms. The van der Waals surface area contributed by atoms with Crippen LogP contribution >= 0.6 is 11.6 Å². The van der Waals surface area contributed by atoms with E-state index in [4.69, 9.17) is 16.3 Å². The van der Waals surface area contributed by atoms with Crippen LogP contribution in [0.15, 0.2) is 24.3 Å². The number of hydrogen-bond donors (Lipinski definition) is 0. The van der Waals surface area contributed by atoms with E-state index in [1.165, 1.54) is 11.1 Å². The van der Waals surface area contributed by atoms with Gasteiger partial charge in [-0.15, -0.1) is 0 Å². The summed E-state index contributed by atoms with van der Waals surface area (Å²) in [5.74, 6) is 0.732. The molecule has 0 aliphatic carbocycles. The van der Waals surface area contributed by atoms with Gasteiger partial charge in [0.2, 0.25) is 0 Å². The molecule has 0 saturated heterocycles. The standard InChI is InChI=1S/C13H17ClO/c1-8(2)11(5)15-13-7-10(4)9(3)6-12(13)14/h6-7,11H,1H2,2-5H3. The van der Waals surface area contributed by atoms with E-state index in [9.17, 15) is 0 Å². The monoisotopic (exact) mass is 224 g/mol. The van der Waals surface area contributed by atoms with Crippen molar-refractivity contribution in [2.75, 3.05) is 0 Å². The molecule has 1 aromatic carbocycles. The predicted molar refractivity (Wildman–Crippen MR) is 65.8 cm³/mol. The number of hydrogen-bond acceptors (Lipinski definition) is 1. The Morgan fingerprint density at radius 3 is 2.40 bits per heavy atom. The first-order valence-electron chi connectivity index (χ1n) is 5.00. The fourth-order valence-corrected chi connectivity index (χ4v) is 1.40. The van der Waals surface area contributed by atoms with Crippen molar-refractivity contribution < 1.29 is 4.74 Å². The molecule has 0 fully saturated rings. The van der Waals surface area contributed by atoms with E-state index in [0.717, 1.165) is 11.3 Å². The van der Waals surface area contributed by atoms with E-state index in [1.807, 2.05) is 39.8 Å². The molecule has 1 unspecified atom stereocenters. The van der Waals surface area contributed by atoms with E-state index in [-0.39, 0.29) is 6.10 Å².